The van der Waals surface area contributed by atoms with Crippen molar-refractivity contribution in [2.45, 2.75) is 46.2 Å². The van der Waals surface area contributed by atoms with E-state index in [2.05, 4.69) is 5.32 Å². The van der Waals surface area contributed by atoms with Gasteiger partial charge in [0.2, 0.25) is 21.8 Å². The van der Waals surface area contributed by atoms with Gasteiger partial charge < -0.3 is 10.2 Å². The van der Waals surface area contributed by atoms with Gasteiger partial charge in [0.25, 0.3) is 0 Å². The number of hydrogen-bond acceptors (Lipinski definition) is 4. The highest BCUT2D eigenvalue weighted by molar-refractivity contribution is 7.92. The van der Waals surface area contributed by atoms with Crippen LogP contribution in [0.3, 0.4) is 0 Å². The summed E-state index contributed by atoms with van der Waals surface area (Å²) in [5.41, 5.74) is 2.93. The van der Waals surface area contributed by atoms with E-state index in [1.807, 2.05) is 63.2 Å². The minimum atomic E-state index is -3.83. The molecular formula is C31H37Cl2N3O4S. The zero-order valence-corrected chi connectivity index (χ0v) is 26.1. The first-order chi connectivity index (χ1) is 19.4. The molecule has 0 saturated heterocycles. The van der Waals surface area contributed by atoms with Gasteiger partial charge in [-0.15, -0.1) is 0 Å². The summed E-state index contributed by atoms with van der Waals surface area (Å²) in [5.74, 6) is -0.654. The number of nitrogens with zero attached hydrogens (tertiary/aromatic N) is 2. The highest BCUT2D eigenvalue weighted by atomic mass is 35.5. The van der Waals surface area contributed by atoms with Gasteiger partial charge in [-0.1, -0.05) is 92.5 Å². The summed E-state index contributed by atoms with van der Waals surface area (Å²) in [6.07, 6.45) is 2.10. The third-order valence-corrected chi connectivity index (χ3v) is 8.48. The molecule has 1 N–H and O–H groups in total. The summed E-state index contributed by atoms with van der Waals surface area (Å²) in [7, 11) is -3.83. The van der Waals surface area contributed by atoms with Crippen LogP contribution in [0.2, 0.25) is 10.0 Å². The first kappa shape index (κ1) is 32.4. The SMILES string of the molecule is CCc1ccc(N(CC(=O)N(Cc2ccc(Cl)c(Cl)c2)C(Cc2ccccc2)C(=O)NCC(C)C)S(C)(=O)=O)cc1. The van der Waals surface area contributed by atoms with Gasteiger partial charge in [-0.2, -0.15) is 0 Å². The Labute approximate surface area is 253 Å². The maximum atomic E-state index is 14.1. The molecule has 0 fully saturated rings. The Morgan fingerprint density at radius 2 is 1.51 bits per heavy atom. The standard InChI is InChI=1S/C31H37Cl2N3O4S/c1-5-23-11-14-26(15-12-23)36(41(4,39)40)21-30(37)35(20-25-13-16-27(32)28(33)17-25)29(31(38)34-19-22(2)3)18-24-9-7-6-8-10-24/h6-17,22,29H,5,18-21H2,1-4H3,(H,34,38). The monoisotopic (exact) mass is 617 g/mol. The number of carbonyl (C=O) groups excluding carboxylic acids is 2. The molecule has 10 heteroatoms. The number of rotatable bonds is 13. The Balaban J connectivity index is 2.05. The van der Waals surface area contributed by atoms with Crippen molar-refractivity contribution in [2.24, 2.45) is 5.92 Å². The second kappa shape index (κ2) is 14.7. The number of sulfonamides is 1. The molecule has 2 amide bonds. The molecule has 3 rings (SSSR count). The Morgan fingerprint density at radius 1 is 0.878 bits per heavy atom. The lowest BCUT2D eigenvalue weighted by Crippen LogP contribution is -2.53. The fourth-order valence-corrected chi connectivity index (χ4v) is 5.49. The van der Waals surface area contributed by atoms with Gasteiger partial charge in [0, 0.05) is 19.5 Å². The highest BCUT2D eigenvalue weighted by Crippen LogP contribution is 2.25. The molecule has 0 saturated carbocycles. The molecule has 1 atom stereocenters. The van der Waals surface area contributed by atoms with E-state index in [-0.39, 0.29) is 24.8 Å². The van der Waals surface area contributed by atoms with Crippen molar-refractivity contribution >= 4 is 50.7 Å². The predicted octanol–water partition coefficient (Wildman–Crippen LogP) is 5.73. The van der Waals surface area contributed by atoms with Crippen LogP contribution in [0.1, 0.15) is 37.5 Å². The number of benzene rings is 3. The van der Waals surface area contributed by atoms with Gasteiger partial charge in [0.05, 0.1) is 22.0 Å². The van der Waals surface area contributed by atoms with E-state index in [0.717, 1.165) is 28.1 Å². The van der Waals surface area contributed by atoms with Crippen molar-refractivity contribution < 1.29 is 18.0 Å². The van der Waals surface area contributed by atoms with Gasteiger partial charge in [0.1, 0.15) is 12.6 Å². The molecule has 220 valence electrons. The maximum absolute atomic E-state index is 14.1. The molecule has 0 aliphatic carbocycles. The van der Waals surface area contributed by atoms with Gasteiger partial charge in [-0.05, 0) is 53.3 Å². The molecular weight excluding hydrogens is 581 g/mol. The minimum Gasteiger partial charge on any atom is -0.354 e. The molecule has 7 nitrogen and oxygen atoms in total. The lowest BCUT2D eigenvalue weighted by Gasteiger charge is -2.33. The molecule has 1 unspecified atom stereocenters. The minimum absolute atomic E-state index is 0.0225. The smallest absolute Gasteiger partial charge is 0.244 e. The highest BCUT2D eigenvalue weighted by Gasteiger charge is 2.33. The van der Waals surface area contributed by atoms with Crippen molar-refractivity contribution in [1.29, 1.82) is 0 Å². The summed E-state index contributed by atoms with van der Waals surface area (Å²) in [6.45, 7) is 5.95. The summed E-state index contributed by atoms with van der Waals surface area (Å²) < 4.78 is 26.9. The number of amides is 2. The normalized spacial score (nSPS) is 12.2. The first-order valence-corrected chi connectivity index (χ1v) is 16.1. The summed E-state index contributed by atoms with van der Waals surface area (Å²) >= 11 is 12.4. The molecule has 0 aliphatic heterocycles. The largest absolute Gasteiger partial charge is 0.354 e. The Morgan fingerprint density at radius 3 is 2.07 bits per heavy atom. The number of halogens is 2. The summed E-state index contributed by atoms with van der Waals surface area (Å²) in [5, 5.41) is 3.64. The number of anilines is 1. The van der Waals surface area contributed by atoms with Crippen LogP contribution in [0.4, 0.5) is 5.69 Å². The van der Waals surface area contributed by atoms with Crippen molar-refractivity contribution in [3.63, 3.8) is 0 Å². The molecule has 41 heavy (non-hydrogen) atoms. The third-order valence-electron chi connectivity index (χ3n) is 6.60. The van der Waals surface area contributed by atoms with Crippen LogP contribution >= 0.6 is 23.2 Å². The van der Waals surface area contributed by atoms with Gasteiger partial charge in [-0.25, -0.2) is 8.42 Å². The molecule has 0 heterocycles. The number of nitrogens with one attached hydrogen (secondary N) is 1. The van der Waals surface area contributed by atoms with E-state index < -0.39 is 28.5 Å². The van der Waals surface area contributed by atoms with Crippen LogP contribution in [-0.2, 0) is 39.0 Å². The number of hydrogen-bond donors (Lipinski definition) is 1. The summed E-state index contributed by atoms with van der Waals surface area (Å²) in [6, 6.07) is 20.5. The summed E-state index contributed by atoms with van der Waals surface area (Å²) in [4.78, 5) is 29.2. The van der Waals surface area contributed by atoms with E-state index in [9.17, 15) is 18.0 Å². The first-order valence-electron chi connectivity index (χ1n) is 13.5. The van der Waals surface area contributed by atoms with E-state index in [4.69, 9.17) is 23.2 Å². The maximum Gasteiger partial charge on any atom is 0.244 e. The van der Waals surface area contributed by atoms with Crippen molar-refractivity contribution in [2.75, 3.05) is 23.7 Å². The Kier molecular flexibility index (Phi) is 11.6. The second-order valence-corrected chi connectivity index (χ2v) is 13.1. The zero-order valence-electron chi connectivity index (χ0n) is 23.8. The van der Waals surface area contributed by atoms with Crippen LogP contribution in [0.15, 0.2) is 72.8 Å². The van der Waals surface area contributed by atoms with E-state index >= 15 is 0 Å². The van der Waals surface area contributed by atoms with Crippen LogP contribution < -0.4 is 9.62 Å². The van der Waals surface area contributed by atoms with E-state index in [0.29, 0.717) is 27.8 Å². The van der Waals surface area contributed by atoms with Crippen molar-refractivity contribution in [3.05, 3.63) is 99.5 Å². The fraction of sp³-hybridized carbons (Fsp3) is 0.355. The fourth-order valence-electron chi connectivity index (χ4n) is 4.32. The van der Waals surface area contributed by atoms with Gasteiger partial charge in [0.15, 0.2) is 0 Å². The van der Waals surface area contributed by atoms with Gasteiger partial charge >= 0.3 is 0 Å². The Bertz CT molecular complexity index is 1430. The number of aryl methyl sites for hydroxylation is 1. The molecule has 0 spiro atoms. The average molecular weight is 619 g/mol. The molecule has 0 aromatic heterocycles. The molecule has 0 aliphatic rings. The van der Waals surface area contributed by atoms with Crippen LogP contribution in [0.5, 0.6) is 0 Å². The van der Waals surface area contributed by atoms with E-state index in [1.54, 1.807) is 30.3 Å². The lowest BCUT2D eigenvalue weighted by atomic mass is 10.0. The molecule has 3 aromatic rings. The van der Waals surface area contributed by atoms with Crippen molar-refractivity contribution in [3.8, 4) is 0 Å². The molecule has 0 radical (unpaired) electrons. The second-order valence-electron chi connectivity index (χ2n) is 10.4. The zero-order chi connectivity index (χ0) is 30.2. The third kappa shape index (κ3) is 9.48. The van der Waals surface area contributed by atoms with E-state index in [1.165, 1.54) is 4.90 Å². The predicted molar refractivity (Wildman–Crippen MR) is 167 cm³/mol. The van der Waals surface area contributed by atoms with Crippen molar-refractivity contribution in [1.82, 2.24) is 10.2 Å². The van der Waals surface area contributed by atoms with Crippen LogP contribution in [-0.4, -0.2) is 50.5 Å². The van der Waals surface area contributed by atoms with Crippen LogP contribution in [0, 0.1) is 5.92 Å². The average Bonchev–Trinajstić information content (AvgIpc) is 2.94. The van der Waals surface area contributed by atoms with Gasteiger partial charge in [-0.3, -0.25) is 13.9 Å². The lowest BCUT2D eigenvalue weighted by molar-refractivity contribution is -0.140. The number of carbonyl (C=O) groups is 2. The Hall–Kier alpha value is -3.07. The van der Waals surface area contributed by atoms with Crippen LogP contribution in [0.25, 0.3) is 0 Å². The quantitative estimate of drug-likeness (QED) is 0.265. The molecule has 0 bridgehead atoms. The molecule has 3 aromatic carbocycles. The topological polar surface area (TPSA) is 86.8 Å².